The summed E-state index contributed by atoms with van der Waals surface area (Å²) in [6.45, 7) is 3.99. The van der Waals surface area contributed by atoms with E-state index in [1.54, 1.807) is 36.7 Å². The Kier molecular flexibility index (Phi) is 7.77. The molecule has 43 heavy (non-hydrogen) atoms. The van der Waals surface area contributed by atoms with Crippen LogP contribution in [0.2, 0.25) is 0 Å². The smallest absolute Gasteiger partial charge is 0.197 e. The number of pyridine rings is 2. The van der Waals surface area contributed by atoms with Crippen LogP contribution in [0.15, 0.2) is 134 Å². The van der Waals surface area contributed by atoms with Gasteiger partial charge < -0.3 is 18.6 Å². The highest BCUT2D eigenvalue weighted by molar-refractivity contribution is 9.13. The molecule has 0 spiro atoms. The lowest BCUT2D eigenvalue weighted by Gasteiger charge is -2.84. The number of benzene rings is 1. The van der Waals surface area contributed by atoms with Gasteiger partial charge in [0.1, 0.15) is 5.76 Å². The molecule has 0 radical (unpaired) electrons. The fourth-order valence-electron chi connectivity index (χ4n) is 6.63. The second-order valence-corrected chi connectivity index (χ2v) is 21.4. The van der Waals surface area contributed by atoms with Gasteiger partial charge in [-0.15, -0.1) is 7.33 Å². The molecule has 3 aromatic heterocycles. The maximum Gasteiger partial charge on any atom is 0.197 e. The molecule has 1 aliphatic rings. The Bertz CT molecular complexity index is 1630. The van der Waals surface area contributed by atoms with Crippen LogP contribution in [0.4, 0.5) is 8.78 Å². The Morgan fingerprint density at radius 1 is 0.837 bits per heavy atom. The van der Waals surface area contributed by atoms with E-state index < -0.39 is 29.5 Å². The second-order valence-electron chi connectivity index (χ2n) is 10.8. The minimum absolute atomic E-state index is 0.0428. The van der Waals surface area contributed by atoms with Gasteiger partial charge in [-0.05, 0) is 60.0 Å². The summed E-state index contributed by atoms with van der Waals surface area (Å²) in [5.74, 6) is -1.35. The number of halogens is 2. The third kappa shape index (κ3) is 3.63. The van der Waals surface area contributed by atoms with Gasteiger partial charge in [-0.2, -0.15) is 0 Å². The van der Waals surface area contributed by atoms with Crippen molar-refractivity contribution in [3.05, 3.63) is 121 Å². The molecule has 2 unspecified atom stereocenters. The van der Waals surface area contributed by atoms with Gasteiger partial charge in [0.15, 0.2) is 28.4 Å². The first-order valence-electron chi connectivity index (χ1n) is 13.7. The van der Waals surface area contributed by atoms with Gasteiger partial charge in [0.05, 0.1) is 36.1 Å². The molecule has 0 N–H and O–H groups in total. The summed E-state index contributed by atoms with van der Waals surface area (Å²) in [5.41, 5.74) is 0.158. The number of hydrogen-bond acceptors (Lipinski definition) is 7. The Labute approximate surface area is 253 Å². The molecule has 2 atom stereocenters. The van der Waals surface area contributed by atoms with Gasteiger partial charge in [0.25, 0.3) is 0 Å². The Morgan fingerprint density at radius 3 is 1.86 bits per heavy atom. The van der Waals surface area contributed by atoms with E-state index in [4.69, 9.17) is 28.6 Å². The van der Waals surface area contributed by atoms with Crippen LogP contribution in [-0.4, -0.2) is 53.9 Å². The maximum absolute atomic E-state index is 18.1. The summed E-state index contributed by atoms with van der Waals surface area (Å²) in [7, 11) is 0.421. The zero-order valence-corrected chi connectivity index (χ0v) is 26.6. The van der Waals surface area contributed by atoms with Crippen LogP contribution in [0, 0.1) is 0 Å². The van der Waals surface area contributed by atoms with Crippen LogP contribution in [0.1, 0.15) is 19.6 Å². The van der Waals surface area contributed by atoms with Crippen molar-refractivity contribution in [2.24, 2.45) is 0 Å². The molecule has 5 rings (SSSR count). The molecule has 10 heteroatoms. The normalized spacial score (nSPS) is 21.0. The summed E-state index contributed by atoms with van der Waals surface area (Å²) in [6, 6.07) is 24.0. The Balaban J connectivity index is 2.20. The molecule has 0 amide bonds. The molecule has 1 aliphatic carbocycles. The van der Waals surface area contributed by atoms with Crippen LogP contribution in [-0.2, 0) is 14.2 Å². The van der Waals surface area contributed by atoms with E-state index in [-0.39, 0.29) is 22.9 Å². The van der Waals surface area contributed by atoms with E-state index in [0.29, 0.717) is 10.1 Å². The SMILES string of the molecule is COC1=C(F)C(F)C(OC)(S(C)(Sc2ccccc2)(c2ccccn2)(c2ccccn2)C(C)C)C(c2ccco2)=C1OC. The lowest BCUT2D eigenvalue weighted by Crippen LogP contribution is -2.65. The number of rotatable bonds is 10. The van der Waals surface area contributed by atoms with Crippen LogP contribution < -0.4 is 0 Å². The Morgan fingerprint density at radius 2 is 1.42 bits per heavy atom. The predicted molar refractivity (Wildman–Crippen MR) is 168 cm³/mol. The minimum atomic E-state index is -5.07. The average Bonchev–Trinajstić information content (AvgIpc) is 3.58. The standard InChI is InChI=1S/C33H36F2N2O4S2/c1-23(2)43(6,26-18-10-12-20-36-26,27-19-11-13-21-37-27,42-24-15-8-7-9-16-24)33(40-5)28(25-17-14-22-41-25)30(38-3)31(39-4)29(34)32(33)35/h7-23,32H,1-6H3. The van der Waals surface area contributed by atoms with E-state index >= 15 is 8.78 Å². The minimum Gasteiger partial charge on any atom is -0.492 e. The number of alkyl halides is 1. The van der Waals surface area contributed by atoms with E-state index in [9.17, 15) is 0 Å². The first kappa shape index (κ1) is 30.8. The lowest BCUT2D eigenvalue weighted by molar-refractivity contribution is 0.0305. The number of hydrogen-bond donors (Lipinski definition) is 0. The molecular formula is C33H36F2N2O4S2. The van der Waals surface area contributed by atoms with Gasteiger partial charge in [-0.3, -0.25) is 9.97 Å². The average molecular weight is 627 g/mol. The van der Waals surface area contributed by atoms with Crippen molar-refractivity contribution in [1.29, 1.82) is 0 Å². The number of methoxy groups -OCH3 is 3. The van der Waals surface area contributed by atoms with Crippen LogP contribution in [0.5, 0.6) is 0 Å². The molecule has 0 fully saturated rings. The largest absolute Gasteiger partial charge is 0.492 e. The zero-order chi connectivity index (χ0) is 30.9. The van der Waals surface area contributed by atoms with Gasteiger partial charge >= 0.3 is 0 Å². The zero-order valence-electron chi connectivity index (χ0n) is 25.0. The maximum atomic E-state index is 18.1. The van der Waals surface area contributed by atoms with Crippen molar-refractivity contribution >= 4 is 23.7 Å². The number of aromatic nitrogens is 2. The fourth-order valence-corrected chi connectivity index (χ4v) is 19.1. The predicted octanol–water partition coefficient (Wildman–Crippen LogP) is 8.69. The molecular weight excluding hydrogens is 591 g/mol. The first-order valence-corrected chi connectivity index (χ1v) is 18.0. The van der Waals surface area contributed by atoms with Gasteiger partial charge in [0, 0.05) is 24.4 Å². The molecule has 0 aliphatic heterocycles. The summed E-state index contributed by atoms with van der Waals surface area (Å²) < 4.78 is 59.0. The number of ether oxygens (including phenoxy) is 3. The van der Waals surface area contributed by atoms with Gasteiger partial charge in [0.2, 0.25) is 0 Å². The summed E-state index contributed by atoms with van der Waals surface area (Å²) in [5, 5.41) is 0.513. The third-order valence-electron chi connectivity index (χ3n) is 8.93. The summed E-state index contributed by atoms with van der Waals surface area (Å²) in [4.78, 5) is 8.61. The third-order valence-corrected chi connectivity index (χ3v) is 23.1. The van der Waals surface area contributed by atoms with Crippen molar-refractivity contribution in [2.75, 3.05) is 27.6 Å². The van der Waals surface area contributed by atoms with Crippen molar-refractivity contribution in [1.82, 2.24) is 9.97 Å². The van der Waals surface area contributed by atoms with E-state index in [1.165, 1.54) is 38.4 Å². The highest BCUT2D eigenvalue weighted by Gasteiger charge is 2.83. The molecule has 0 saturated heterocycles. The van der Waals surface area contributed by atoms with E-state index in [1.807, 2.05) is 74.7 Å². The molecule has 0 saturated carbocycles. The first-order chi connectivity index (χ1) is 20.6. The lowest BCUT2D eigenvalue weighted by atomic mass is 9.93. The number of nitrogens with zero attached hydrogens (tertiary/aromatic N) is 2. The quantitative estimate of drug-likeness (QED) is 0.163. The second kappa shape index (κ2) is 10.8. The van der Waals surface area contributed by atoms with E-state index in [0.717, 1.165) is 4.90 Å². The highest BCUT2D eigenvalue weighted by atomic mass is 33.2. The highest BCUT2D eigenvalue weighted by Crippen LogP contribution is 3.12. The van der Waals surface area contributed by atoms with Crippen molar-refractivity contribution < 1.29 is 27.4 Å². The summed E-state index contributed by atoms with van der Waals surface area (Å²) >= 11 is 0. The molecule has 228 valence electrons. The van der Waals surface area contributed by atoms with Crippen LogP contribution in [0.25, 0.3) is 5.57 Å². The van der Waals surface area contributed by atoms with Gasteiger partial charge in [-0.25, -0.2) is 8.78 Å². The van der Waals surface area contributed by atoms with Crippen molar-refractivity contribution in [3.63, 3.8) is 0 Å². The summed E-state index contributed by atoms with van der Waals surface area (Å²) in [6.07, 6.45) is 4.37. The molecule has 6 nitrogen and oxygen atoms in total. The van der Waals surface area contributed by atoms with Crippen LogP contribution >= 0.6 is 18.1 Å². The molecule has 3 heterocycles. The molecule has 0 bridgehead atoms. The fraction of sp³-hybridized carbons (Fsp3) is 0.273. The Hall–Kier alpha value is -3.60. The monoisotopic (exact) mass is 626 g/mol. The van der Waals surface area contributed by atoms with E-state index in [2.05, 4.69) is 0 Å². The topological polar surface area (TPSA) is 66.6 Å². The molecule has 1 aromatic carbocycles. The van der Waals surface area contributed by atoms with Crippen molar-refractivity contribution in [3.8, 4) is 0 Å². The number of furan rings is 1. The van der Waals surface area contributed by atoms with Crippen molar-refractivity contribution in [2.45, 2.75) is 45.1 Å². The van der Waals surface area contributed by atoms with Gasteiger partial charge in [-0.1, -0.05) is 55.0 Å². The van der Waals surface area contributed by atoms with Crippen LogP contribution in [0.3, 0.4) is 0 Å². The molecule has 4 aromatic rings.